The number of nitrogens with one attached hydrogen (secondary N) is 1. The molecule has 3 fully saturated rings. The van der Waals surface area contributed by atoms with Gasteiger partial charge in [0.05, 0.1) is 38.0 Å². The van der Waals surface area contributed by atoms with E-state index in [1.54, 1.807) is 0 Å². The summed E-state index contributed by atoms with van der Waals surface area (Å²) in [5.74, 6) is 0. The van der Waals surface area contributed by atoms with Gasteiger partial charge in [0, 0.05) is 19.6 Å². The standard InChI is InChI=1S/C17H24N2O4/c20-16-14(18-10-12-4-2-1-3-5-12)13-11-22-17(23-13)15(16)19-6-8-21-9-7-19/h1-5,13-18,20H,6-11H2. The summed E-state index contributed by atoms with van der Waals surface area (Å²) < 4.78 is 17.2. The van der Waals surface area contributed by atoms with Crippen LogP contribution in [0.5, 0.6) is 0 Å². The number of aliphatic hydroxyl groups excluding tert-OH is 1. The Labute approximate surface area is 136 Å². The van der Waals surface area contributed by atoms with Gasteiger partial charge in [-0.2, -0.15) is 0 Å². The van der Waals surface area contributed by atoms with Gasteiger partial charge >= 0.3 is 0 Å². The van der Waals surface area contributed by atoms with Crippen LogP contribution in [0.2, 0.25) is 0 Å². The van der Waals surface area contributed by atoms with Crippen LogP contribution in [0.1, 0.15) is 5.56 Å². The maximum absolute atomic E-state index is 10.9. The van der Waals surface area contributed by atoms with Crippen molar-refractivity contribution in [2.24, 2.45) is 0 Å². The van der Waals surface area contributed by atoms with Crippen LogP contribution in [0.25, 0.3) is 0 Å². The van der Waals surface area contributed by atoms with Gasteiger partial charge in [0.25, 0.3) is 0 Å². The van der Waals surface area contributed by atoms with Gasteiger partial charge in [-0.1, -0.05) is 30.3 Å². The van der Waals surface area contributed by atoms with Crippen LogP contribution in [0, 0.1) is 0 Å². The second-order valence-corrected chi connectivity index (χ2v) is 6.40. The van der Waals surface area contributed by atoms with Crippen LogP contribution in [-0.4, -0.2) is 73.5 Å². The average molecular weight is 320 g/mol. The Balaban J connectivity index is 1.45. The molecule has 3 saturated heterocycles. The molecule has 6 nitrogen and oxygen atoms in total. The molecule has 0 amide bonds. The van der Waals surface area contributed by atoms with E-state index in [1.165, 1.54) is 5.56 Å². The number of morpholine rings is 1. The van der Waals surface area contributed by atoms with Gasteiger partial charge in [0.1, 0.15) is 6.10 Å². The molecular formula is C17H24N2O4. The molecule has 4 rings (SSSR count). The van der Waals surface area contributed by atoms with Gasteiger partial charge in [-0.05, 0) is 5.56 Å². The first-order chi connectivity index (χ1) is 11.3. The van der Waals surface area contributed by atoms with Crippen LogP contribution >= 0.6 is 0 Å². The van der Waals surface area contributed by atoms with Gasteiger partial charge in [0.2, 0.25) is 0 Å². The molecule has 5 atom stereocenters. The van der Waals surface area contributed by atoms with E-state index in [9.17, 15) is 5.11 Å². The van der Waals surface area contributed by atoms with E-state index in [0.717, 1.165) is 13.1 Å². The highest BCUT2D eigenvalue weighted by atomic mass is 16.7. The lowest BCUT2D eigenvalue weighted by atomic mass is 9.94. The highest BCUT2D eigenvalue weighted by Crippen LogP contribution is 2.31. The zero-order valence-electron chi connectivity index (χ0n) is 13.1. The van der Waals surface area contributed by atoms with Crippen LogP contribution in [0.15, 0.2) is 30.3 Å². The van der Waals surface area contributed by atoms with E-state index in [0.29, 0.717) is 26.4 Å². The first kappa shape index (κ1) is 15.5. The van der Waals surface area contributed by atoms with Crippen molar-refractivity contribution in [1.82, 2.24) is 10.2 Å². The molecule has 2 N–H and O–H groups in total. The Bertz CT molecular complexity index is 509. The molecule has 1 aromatic rings. The van der Waals surface area contributed by atoms with Gasteiger partial charge in [0.15, 0.2) is 6.29 Å². The molecule has 3 aliphatic rings. The maximum atomic E-state index is 10.9. The molecule has 0 radical (unpaired) electrons. The first-order valence-electron chi connectivity index (χ1n) is 8.37. The number of hydrogen-bond acceptors (Lipinski definition) is 6. The smallest absolute Gasteiger partial charge is 0.176 e. The predicted octanol–water partition coefficient (Wildman–Crippen LogP) is -0.0384. The third kappa shape index (κ3) is 3.15. The van der Waals surface area contributed by atoms with E-state index in [2.05, 4.69) is 22.3 Å². The molecule has 0 spiro atoms. The molecule has 126 valence electrons. The molecule has 0 aliphatic carbocycles. The number of nitrogens with zero attached hydrogens (tertiary/aromatic N) is 1. The van der Waals surface area contributed by atoms with Crippen molar-refractivity contribution in [2.75, 3.05) is 32.9 Å². The lowest BCUT2D eigenvalue weighted by Gasteiger charge is -2.45. The minimum absolute atomic E-state index is 0.0870. The third-order valence-electron chi connectivity index (χ3n) is 4.98. The Kier molecular flexibility index (Phi) is 4.61. The second-order valence-electron chi connectivity index (χ2n) is 6.40. The number of ether oxygens (including phenoxy) is 3. The average Bonchev–Trinajstić information content (AvgIpc) is 3.02. The number of fused-ring (bicyclic) bond motifs is 2. The van der Waals surface area contributed by atoms with Crippen molar-refractivity contribution in [3.8, 4) is 0 Å². The van der Waals surface area contributed by atoms with Crippen LogP contribution < -0.4 is 5.32 Å². The van der Waals surface area contributed by atoms with E-state index in [-0.39, 0.29) is 24.5 Å². The molecule has 1 aromatic carbocycles. The van der Waals surface area contributed by atoms with Gasteiger partial charge in [-0.3, -0.25) is 4.90 Å². The first-order valence-corrected chi connectivity index (χ1v) is 8.37. The molecule has 3 heterocycles. The fourth-order valence-corrected chi connectivity index (χ4v) is 3.75. The summed E-state index contributed by atoms with van der Waals surface area (Å²) in [7, 11) is 0. The Morgan fingerprint density at radius 1 is 1.17 bits per heavy atom. The minimum atomic E-state index is -0.511. The zero-order valence-corrected chi connectivity index (χ0v) is 13.1. The summed E-state index contributed by atoms with van der Waals surface area (Å²) in [4.78, 5) is 2.23. The van der Waals surface area contributed by atoms with Gasteiger partial charge in [-0.15, -0.1) is 0 Å². The van der Waals surface area contributed by atoms with Crippen LogP contribution in [-0.2, 0) is 20.8 Å². The second kappa shape index (κ2) is 6.84. The lowest BCUT2D eigenvalue weighted by Crippen LogP contribution is -2.65. The van der Waals surface area contributed by atoms with Crippen molar-refractivity contribution >= 4 is 0 Å². The quantitative estimate of drug-likeness (QED) is 0.812. The zero-order chi connectivity index (χ0) is 15.6. The normalized spacial score (nSPS) is 37.9. The van der Waals surface area contributed by atoms with E-state index >= 15 is 0 Å². The molecule has 6 heteroatoms. The van der Waals surface area contributed by atoms with Crippen molar-refractivity contribution in [2.45, 2.75) is 37.1 Å². The number of rotatable bonds is 4. The SMILES string of the molecule is OC1C(NCc2ccccc2)C2COC(O2)C1N1CCOCC1. The lowest BCUT2D eigenvalue weighted by molar-refractivity contribution is -0.191. The van der Waals surface area contributed by atoms with Crippen molar-refractivity contribution in [3.63, 3.8) is 0 Å². The number of aliphatic hydroxyl groups is 1. The molecule has 3 aliphatic heterocycles. The fraction of sp³-hybridized carbons (Fsp3) is 0.647. The summed E-state index contributed by atoms with van der Waals surface area (Å²) in [6.07, 6.45) is -0.929. The fourth-order valence-electron chi connectivity index (χ4n) is 3.75. The maximum Gasteiger partial charge on any atom is 0.176 e. The van der Waals surface area contributed by atoms with Crippen molar-refractivity contribution < 1.29 is 19.3 Å². The van der Waals surface area contributed by atoms with Gasteiger partial charge in [-0.25, -0.2) is 0 Å². The van der Waals surface area contributed by atoms with Gasteiger partial charge < -0.3 is 24.6 Å². The topological polar surface area (TPSA) is 63.2 Å². The summed E-state index contributed by atoms with van der Waals surface area (Å²) in [6, 6.07) is 9.96. The molecule has 0 aromatic heterocycles. The van der Waals surface area contributed by atoms with Crippen molar-refractivity contribution in [3.05, 3.63) is 35.9 Å². The monoisotopic (exact) mass is 320 g/mol. The highest BCUT2D eigenvalue weighted by Gasteiger charge is 2.51. The largest absolute Gasteiger partial charge is 0.390 e. The summed E-state index contributed by atoms with van der Waals surface area (Å²) in [6.45, 7) is 4.25. The number of benzene rings is 1. The molecular weight excluding hydrogens is 296 g/mol. The van der Waals surface area contributed by atoms with Crippen molar-refractivity contribution in [1.29, 1.82) is 0 Å². The Morgan fingerprint density at radius 2 is 1.96 bits per heavy atom. The Hall–Kier alpha value is -1.02. The summed E-state index contributed by atoms with van der Waals surface area (Å²) in [5.41, 5.74) is 1.20. The molecule has 23 heavy (non-hydrogen) atoms. The molecule has 5 unspecified atom stereocenters. The minimum Gasteiger partial charge on any atom is -0.390 e. The summed E-state index contributed by atoms with van der Waals surface area (Å²) in [5, 5.41) is 14.4. The van der Waals surface area contributed by atoms with Crippen LogP contribution in [0.4, 0.5) is 0 Å². The number of hydrogen-bond donors (Lipinski definition) is 2. The highest BCUT2D eigenvalue weighted by molar-refractivity contribution is 5.15. The Morgan fingerprint density at radius 3 is 2.74 bits per heavy atom. The van der Waals surface area contributed by atoms with Crippen LogP contribution in [0.3, 0.4) is 0 Å². The van der Waals surface area contributed by atoms with E-state index in [1.807, 2.05) is 18.2 Å². The molecule has 0 saturated carbocycles. The predicted molar refractivity (Wildman–Crippen MR) is 83.9 cm³/mol. The van der Waals surface area contributed by atoms with E-state index < -0.39 is 6.10 Å². The molecule has 2 bridgehead atoms. The third-order valence-corrected chi connectivity index (χ3v) is 4.98. The van der Waals surface area contributed by atoms with E-state index in [4.69, 9.17) is 14.2 Å². The summed E-state index contributed by atoms with van der Waals surface area (Å²) >= 11 is 0.